The summed E-state index contributed by atoms with van der Waals surface area (Å²) < 4.78 is 34.0. The number of aromatic nitrogens is 3. The van der Waals surface area contributed by atoms with Crippen molar-refractivity contribution >= 4 is 21.6 Å². The van der Waals surface area contributed by atoms with Crippen molar-refractivity contribution in [1.82, 2.24) is 18.8 Å². The van der Waals surface area contributed by atoms with Gasteiger partial charge in [-0.05, 0) is 24.4 Å². The first-order valence-electron chi connectivity index (χ1n) is 6.22. The Bertz CT molecular complexity index is 680. The van der Waals surface area contributed by atoms with E-state index in [1.165, 1.54) is 22.1 Å². The minimum Gasteiger partial charge on any atom is -0.339 e. The number of hydrogen-bond acceptors (Lipinski definition) is 7. The van der Waals surface area contributed by atoms with Gasteiger partial charge in [-0.3, -0.25) is 0 Å². The van der Waals surface area contributed by atoms with Crippen LogP contribution in [-0.2, 0) is 10.0 Å². The predicted molar refractivity (Wildman–Crippen MR) is 73.8 cm³/mol. The number of sulfonamides is 1. The molecule has 20 heavy (non-hydrogen) atoms. The van der Waals surface area contributed by atoms with E-state index in [4.69, 9.17) is 4.52 Å². The van der Waals surface area contributed by atoms with Crippen LogP contribution in [0.3, 0.4) is 0 Å². The van der Waals surface area contributed by atoms with Crippen LogP contribution in [0, 0.1) is 0 Å². The molecule has 0 aliphatic carbocycles. The summed E-state index contributed by atoms with van der Waals surface area (Å²) >= 11 is 1.32. The molecule has 0 aromatic carbocycles. The van der Waals surface area contributed by atoms with Gasteiger partial charge in [-0.1, -0.05) is 5.16 Å². The zero-order valence-electron chi connectivity index (χ0n) is 10.9. The van der Waals surface area contributed by atoms with Crippen molar-refractivity contribution in [3.05, 3.63) is 17.5 Å². The highest BCUT2D eigenvalue weighted by molar-refractivity contribution is 7.88. The van der Waals surface area contributed by atoms with E-state index in [9.17, 15) is 8.42 Å². The Morgan fingerprint density at radius 3 is 3.05 bits per heavy atom. The molecule has 0 bridgehead atoms. The normalized spacial score (nSPS) is 21.1. The molecule has 1 saturated heterocycles. The second-order valence-corrected chi connectivity index (χ2v) is 7.47. The molecular formula is C11H14N4O3S2. The average Bonchev–Trinajstić information content (AvgIpc) is 3.09. The van der Waals surface area contributed by atoms with Crippen molar-refractivity contribution in [1.29, 1.82) is 0 Å². The molecule has 1 fully saturated rings. The monoisotopic (exact) mass is 314 g/mol. The Balaban J connectivity index is 1.79. The highest BCUT2D eigenvalue weighted by Crippen LogP contribution is 2.28. The van der Waals surface area contributed by atoms with Gasteiger partial charge in [0.05, 0.1) is 23.9 Å². The summed E-state index contributed by atoms with van der Waals surface area (Å²) in [4.78, 5) is 4.36. The molecule has 0 unspecified atom stereocenters. The van der Waals surface area contributed by atoms with Crippen molar-refractivity contribution in [3.8, 4) is 11.4 Å². The largest absolute Gasteiger partial charge is 0.339 e. The van der Waals surface area contributed by atoms with Crippen LogP contribution in [0.4, 0.5) is 0 Å². The molecule has 3 heterocycles. The first kappa shape index (κ1) is 13.7. The van der Waals surface area contributed by atoms with E-state index in [0.717, 1.165) is 18.4 Å². The van der Waals surface area contributed by atoms with E-state index in [1.54, 1.807) is 6.20 Å². The Hall–Kier alpha value is -1.32. The molecule has 0 amide bonds. The van der Waals surface area contributed by atoms with Crippen LogP contribution < -0.4 is 0 Å². The van der Waals surface area contributed by atoms with Crippen LogP contribution in [0.15, 0.2) is 16.1 Å². The summed E-state index contributed by atoms with van der Waals surface area (Å²) in [6.45, 7) is 0.965. The van der Waals surface area contributed by atoms with E-state index in [-0.39, 0.29) is 5.92 Å². The summed E-state index contributed by atoms with van der Waals surface area (Å²) in [5.74, 6) is 0.969. The molecule has 0 radical (unpaired) electrons. The summed E-state index contributed by atoms with van der Waals surface area (Å²) in [7, 11) is -3.17. The van der Waals surface area contributed by atoms with Crippen LogP contribution in [0.2, 0.25) is 0 Å². The SMILES string of the molecule is CS(=O)(=O)N1CCC[C@H](c2nc(-c3cnsc3)no2)C1. The Kier molecular flexibility index (Phi) is 3.57. The molecule has 108 valence electrons. The minimum atomic E-state index is -3.17. The molecule has 9 heteroatoms. The van der Waals surface area contributed by atoms with Crippen LogP contribution in [0.5, 0.6) is 0 Å². The number of hydrogen-bond donors (Lipinski definition) is 0. The maximum Gasteiger partial charge on any atom is 0.231 e. The minimum absolute atomic E-state index is 0.0358. The molecule has 3 rings (SSSR count). The summed E-state index contributed by atoms with van der Waals surface area (Å²) in [6.07, 6.45) is 4.57. The first-order chi connectivity index (χ1) is 9.54. The molecule has 1 aliphatic heterocycles. The van der Waals surface area contributed by atoms with Crippen molar-refractivity contribution < 1.29 is 12.9 Å². The maximum atomic E-state index is 11.6. The third-order valence-corrected chi connectivity index (χ3v) is 5.19. The molecule has 0 saturated carbocycles. The van der Waals surface area contributed by atoms with Crippen LogP contribution in [-0.4, -0.2) is 46.6 Å². The lowest BCUT2D eigenvalue weighted by Crippen LogP contribution is -2.38. The molecule has 2 aromatic rings. The van der Waals surface area contributed by atoms with E-state index < -0.39 is 10.0 Å². The Morgan fingerprint density at radius 2 is 2.35 bits per heavy atom. The molecule has 0 spiro atoms. The maximum absolute atomic E-state index is 11.6. The Labute approximate surface area is 120 Å². The number of piperidine rings is 1. The first-order valence-corrected chi connectivity index (χ1v) is 8.91. The van der Waals surface area contributed by atoms with E-state index in [1.807, 2.05) is 5.38 Å². The van der Waals surface area contributed by atoms with E-state index in [2.05, 4.69) is 14.5 Å². The third-order valence-electron chi connectivity index (χ3n) is 3.33. The van der Waals surface area contributed by atoms with Gasteiger partial charge >= 0.3 is 0 Å². The fraction of sp³-hybridized carbons (Fsp3) is 0.545. The Morgan fingerprint density at radius 1 is 1.50 bits per heavy atom. The van der Waals surface area contributed by atoms with Gasteiger partial charge in [-0.25, -0.2) is 17.1 Å². The predicted octanol–water partition coefficient (Wildman–Crippen LogP) is 1.33. The van der Waals surface area contributed by atoms with Gasteiger partial charge in [0.15, 0.2) is 0 Å². The van der Waals surface area contributed by atoms with E-state index >= 15 is 0 Å². The highest BCUT2D eigenvalue weighted by Gasteiger charge is 2.30. The van der Waals surface area contributed by atoms with Crippen molar-refractivity contribution in [3.63, 3.8) is 0 Å². The topological polar surface area (TPSA) is 89.2 Å². The van der Waals surface area contributed by atoms with Crippen LogP contribution in [0.25, 0.3) is 11.4 Å². The molecule has 0 N–H and O–H groups in total. The van der Waals surface area contributed by atoms with Crippen molar-refractivity contribution in [2.24, 2.45) is 0 Å². The van der Waals surface area contributed by atoms with Gasteiger partial charge in [0.2, 0.25) is 21.7 Å². The third kappa shape index (κ3) is 2.74. The van der Waals surface area contributed by atoms with Gasteiger partial charge in [-0.15, -0.1) is 0 Å². The van der Waals surface area contributed by atoms with Crippen LogP contribution >= 0.6 is 11.5 Å². The fourth-order valence-corrected chi connectivity index (χ4v) is 3.71. The van der Waals surface area contributed by atoms with Gasteiger partial charge in [0.1, 0.15) is 0 Å². The van der Waals surface area contributed by atoms with Crippen molar-refractivity contribution in [2.75, 3.05) is 19.3 Å². The van der Waals surface area contributed by atoms with Gasteiger partial charge in [0, 0.05) is 18.5 Å². The van der Waals surface area contributed by atoms with Crippen molar-refractivity contribution in [2.45, 2.75) is 18.8 Å². The second-order valence-electron chi connectivity index (χ2n) is 4.83. The molecule has 1 atom stereocenters. The summed E-state index contributed by atoms with van der Waals surface area (Å²) in [6, 6.07) is 0. The van der Waals surface area contributed by atoms with Crippen LogP contribution in [0.1, 0.15) is 24.7 Å². The van der Waals surface area contributed by atoms with Gasteiger partial charge < -0.3 is 4.52 Å². The lowest BCUT2D eigenvalue weighted by atomic mass is 10.00. The highest BCUT2D eigenvalue weighted by atomic mass is 32.2. The smallest absolute Gasteiger partial charge is 0.231 e. The number of rotatable bonds is 3. The zero-order valence-corrected chi connectivity index (χ0v) is 12.5. The standard InChI is InChI=1S/C11H14N4O3S2/c1-20(16,17)15-4-2-3-8(6-15)11-13-10(14-18-11)9-5-12-19-7-9/h5,7-8H,2-4,6H2,1H3/t8-/m0/s1. The zero-order chi connectivity index (χ0) is 14.2. The molecular weight excluding hydrogens is 300 g/mol. The summed E-state index contributed by atoms with van der Waals surface area (Å²) in [5, 5.41) is 5.78. The van der Waals surface area contributed by atoms with E-state index in [0.29, 0.717) is 24.8 Å². The molecule has 7 nitrogen and oxygen atoms in total. The van der Waals surface area contributed by atoms with Gasteiger partial charge in [0.25, 0.3) is 0 Å². The molecule has 2 aromatic heterocycles. The number of nitrogens with zero attached hydrogens (tertiary/aromatic N) is 4. The quantitative estimate of drug-likeness (QED) is 0.849. The molecule has 1 aliphatic rings. The van der Waals surface area contributed by atoms with Gasteiger partial charge in [-0.2, -0.15) is 4.98 Å². The second kappa shape index (κ2) is 5.23. The lowest BCUT2D eigenvalue weighted by Gasteiger charge is -2.28. The lowest BCUT2D eigenvalue weighted by molar-refractivity contribution is 0.266. The average molecular weight is 314 g/mol. The fourth-order valence-electron chi connectivity index (χ4n) is 2.28. The summed E-state index contributed by atoms with van der Waals surface area (Å²) in [5.41, 5.74) is 0.820.